The van der Waals surface area contributed by atoms with Crippen molar-refractivity contribution in [2.45, 2.75) is 31.9 Å². The summed E-state index contributed by atoms with van der Waals surface area (Å²) in [5.74, 6) is 7.81. The van der Waals surface area contributed by atoms with E-state index in [2.05, 4.69) is 11.3 Å². The molecule has 0 fully saturated rings. The van der Waals surface area contributed by atoms with Crippen molar-refractivity contribution in [3.05, 3.63) is 0 Å². The van der Waals surface area contributed by atoms with E-state index in [0.29, 0.717) is 6.42 Å². The standard InChI is InChI=1S/C8H16N2O/c1-4-5-8(10-9)6-7(2)11-3/h1,7-8,10H,5-6,9H2,2-3H3. The third kappa shape index (κ3) is 4.79. The Morgan fingerprint density at radius 3 is 2.73 bits per heavy atom. The maximum absolute atomic E-state index is 5.26. The Hall–Kier alpha value is -0.560. The molecule has 0 spiro atoms. The second kappa shape index (κ2) is 6.17. The molecule has 0 rings (SSSR count). The highest BCUT2D eigenvalue weighted by atomic mass is 16.5. The van der Waals surface area contributed by atoms with Crippen LogP contribution in [-0.4, -0.2) is 19.3 Å². The molecule has 0 heterocycles. The maximum atomic E-state index is 5.26. The maximum Gasteiger partial charge on any atom is 0.0558 e. The van der Waals surface area contributed by atoms with Gasteiger partial charge in [0.1, 0.15) is 0 Å². The Morgan fingerprint density at radius 1 is 1.73 bits per heavy atom. The molecular formula is C8H16N2O. The van der Waals surface area contributed by atoms with Crippen LogP contribution in [-0.2, 0) is 4.74 Å². The minimum atomic E-state index is 0.162. The van der Waals surface area contributed by atoms with Gasteiger partial charge in [-0.25, -0.2) is 0 Å². The van der Waals surface area contributed by atoms with E-state index in [1.165, 1.54) is 0 Å². The van der Waals surface area contributed by atoms with Gasteiger partial charge in [-0.1, -0.05) is 0 Å². The van der Waals surface area contributed by atoms with Gasteiger partial charge >= 0.3 is 0 Å². The molecule has 0 amide bonds. The van der Waals surface area contributed by atoms with Crippen molar-refractivity contribution in [1.82, 2.24) is 5.43 Å². The molecule has 0 aliphatic heterocycles. The van der Waals surface area contributed by atoms with Gasteiger partial charge in [-0.05, 0) is 13.3 Å². The lowest BCUT2D eigenvalue weighted by Crippen LogP contribution is -2.37. The van der Waals surface area contributed by atoms with Crippen LogP contribution in [0.25, 0.3) is 0 Å². The second-order valence-corrected chi connectivity index (χ2v) is 2.55. The number of ether oxygens (including phenoxy) is 1. The minimum absolute atomic E-state index is 0.162. The van der Waals surface area contributed by atoms with E-state index < -0.39 is 0 Å². The summed E-state index contributed by atoms with van der Waals surface area (Å²) in [6, 6.07) is 0.162. The number of nitrogens with two attached hydrogens (primary N) is 1. The van der Waals surface area contributed by atoms with Crippen molar-refractivity contribution in [1.29, 1.82) is 0 Å². The molecule has 3 nitrogen and oxygen atoms in total. The zero-order chi connectivity index (χ0) is 8.69. The van der Waals surface area contributed by atoms with Crippen molar-refractivity contribution in [2.75, 3.05) is 7.11 Å². The quantitative estimate of drug-likeness (QED) is 0.341. The van der Waals surface area contributed by atoms with Gasteiger partial charge in [-0.15, -0.1) is 12.3 Å². The molecule has 0 aliphatic carbocycles. The lowest BCUT2D eigenvalue weighted by molar-refractivity contribution is 0.101. The molecule has 3 heteroatoms. The van der Waals surface area contributed by atoms with E-state index in [0.717, 1.165) is 6.42 Å². The van der Waals surface area contributed by atoms with Crippen molar-refractivity contribution in [3.8, 4) is 12.3 Å². The summed E-state index contributed by atoms with van der Waals surface area (Å²) in [5, 5.41) is 0. The van der Waals surface area contributed by atoms with E-state index in [1.54, 1.807) is 7.11 Å². The lowest BCUT2D eigenvalue weighted by Gasteiger charge is -2.16. The molecule has 0 saturated heterocycles. The summed E-state index contributed by atoms with van der Waals surface area (Å²) in [4.78, 5) is 0. The van der Waals surface area contributed by atoms with E-state index in [4.69, 9.17) is 17.0 Å². The molecule has 0 aliphatic rings. The first-order valence-electron chi connectivity index (χ1n) is 3.67. The van der Waals surface area contributed by atoms with Crippen LogP contribution in [0.5, 0.6) is 0 Å². The molecule has 2 atom stereocenters. The summed E-state index contributed by atoms with van der Waals surface area (Å²) in [7, 11) is 1.67. The highest BCUT2D eigenvalue weighted by Crippen LogP contribution is 2.02. The number of hydrogen-bond acceptors (Lipinski definition) is 3. The lowest BCUT2D eigenvalue weighted by atomic mass is 10.1. The first-order valence-corrected chi connectivity index (χ1v) is 3.67. The summed E-state index contributed by atoms with van der Waals surface area (Å²) in [6.07, 6.45) is 6.82. The molecule has 0 bridgehead atoms. The van der Waals surface area contributed by atoms with Crippen LogP contribution >= 0.6 is 0 Å². The van der Waals surface area contributed by atoms with Gasteiger partial charge < -0.3 is 4.74 Å². The Labute approximate surface area is 68.3 Å². The third-order valence-corrected chi connectivity index (χ3v) is 1.62. The fraction of sp³-hybridized carbons (Fsp3) is 0.750. The molecule has 3 N–H and O–H groups in total. The highest BCUT2D eigenvalue weighted by Gasteiger charge is 2.09. The van der Waals surface area contributed by atoms with Crippen LogP contribution in [0.3, 0.4) is 0 Å². The summed E-state index contributed by atoms with van der Waals surface area (Å²) in [6.45, 7) is 1.99. The summed E-state index contributed by atoms with van der Waals surface area (Å²) >= 11 is 0. The van der Waals surface area contributed by atoms with Crippen LogP contribution in [0.1, 0.15) is 19.8 Å². The van der Waals surface area contributed by atoms with Crippen LogP contribution in [0.2, 0.25) is 0 Å². The number of methoxy groups -OCH3 is 1. The van der Waals surface area contributed by atoms with Gasteiger partial charge in [0.15, 0.2) is 0 Å². The zero-order valence-corrected chi connectivity index (χ0v) is 7.13. The predicted octanol–water partition coefficient (Wildman–Crippen LogP) is 0.267. The Morgan fingerprint density at radius 2 is 2.36 bits per heavy atom. The fourth-order valence-electron chi connectivity index (χ4n) is 0.849. The van der Waals surface area contributed by atoms with Crippen molar-refractivity contribution < 1.29 is 4.74 Å². The average molecular weight is 156 g/mol. The van der Waals surface area contributed by atoms with E-state index >= 15 is 0 Å². The molecule has 64 valence electrons. The molecule has 0 aromatic carbocycles. The number of hydrazine groups is 1. The fourth-order valence-corrected chi connectivity index (χ4v) is 0.849. The van der Waals surface area contributed by atoms with Gasteiger partial charge in [0.25, 0.3) is 0 Å². The monoisotopic (exact) mass is 156 g/mol. The van der Waals surface area contributed by atoms with Gasteiger partial charge in [0.05, 0.1) is 6.10 Å². The van der Waals surface area contributed by atoms with Crippen LogP contribution in [0, 0.1) is 12.3 Å². The number of terminal acetylenes is 1. The number of rotatable bonds is 5. The first-order chi connectivity index (χ1) is 5.24. The molecule has 0 radical (unpaired) electrons. The van der Waals surface area contributed by atoms with Crippen molar-refractivity contribution >= 4 is 0 Å². The van der Waals surface area contributed by atoms with Gasteiger partial charge in [-0.2, -0.15) is 0 Å². The number of hydrogen-bond donors (Lipinski definition) is 2. The van der Waals surface area contributed by atoms with Crippen molar-refractivity contribution in [2.24, 2.45) is 5.84 Å². The van der Waals surface area contributed by atoms with Gasteiger partial charge in [0.2, 0.25) is 0 Å². The molecule has 0 saturated carbocycles. The van der Waals surface area contributed by atoms with E-state index in [9.17, 15) is 0 Å². The first kappa shape index (κ1) is 10.4. The molecule has 0 aromatic rings. The summed E-state index contributed by atoms with van der Waals surface area (Å²) in [5.41, 5.74) is 2.65. The zero-order valence-electron chi connectivity index (χ0n) is 7.13. The van der Waals surface area contributed by atoms with Gasteiger partial charge in [0, 0.05) is 19.6 Å². The summed E-state index contributed by atoms with van der Waals surface area (Å²) < 4.78 is 5.06. The van der Waals surface area contributed by atoms with Crippen LogP contribution in [0.15, 0.2) is 0 Å². The Balaban J connectivity index is 3.60. The molecule has 2 unspecified atom stereocenters. The Bertz CT molecular complexity index is 131. The third-order valence-electron chi connectivity index (χ3n) is 1.62. The highest BCUT2D eigenvalue weighted by molar-refractivity contribution is 4.89. The predicted molar refractivity (Wildman–Crippen MR) is 45.6 cm³/mol. The Kier molecular flexibility index (Phi) is 5.86. The van der Waals surface area contributed by atoms with Crippen LogP contribution in [0.4, 0.5) is 0 Å². The number of nitrogens with one attached hydrogen (secondary N) is 1. The molecule has 0 aromatic heterocycles. The molecular weight excluding hydrogens is 140 g/mol. The minimum Gasteiger partial charge on any atom is -0.382 e. The average Bonchev–Trinajstić information content (AvgIpc) is 2.03. The van der Waals surface area contributed by atoms with Crippen molar-refractivity contribution in [3.63, 3.8) is 0 Å². The van der Waals surface area contributed by atoms with Crippen LogP contribution < -0.4 is 11.3 Å². The largest absolute Gasteiger partial charge is 0.382 e. The van der Waals surface area contributed by atoms with E-state index in [-0.39, 0.29) is 12.1 Å². The van der Waals surface area contributed by atoms with E-state index in [1.807, 2.05) is 6.92 Å². The molecule has 11 heavy (non-hydrogen) atoms. The van der Waals surface area contributed by atoms with Gasteiger partial charge in [-0.3, -0.25) is 11.3 Å². The normalized spacial score (nSPS) is 15.5. The SMILES string of the molecule is C#CCC(CC(C)OC)NN. The topological polar surface area (TPSA) is 47.3 Å². The second-order valence-electron chi connectivity index (χ2n) is 2.55. The smallest absolute Gasteiger partial charge is 0.0558 e.